The summed E-state index contributed by atoms with van der Waals surface area (Å²) in [7, 11) is -3.76. The second-order valence-electron chi connectivity index (χ2n) is 4.50. The van der Waals surface area contributed by atoms with Gasteiger partial charge in [0.2, 0.25) is 5.91 Å². The Labute approximate surface area is 128 Å². The molecule has 2 rings (SSSR count). The van der Waals surface area contributed by atoms with Crippen LogP contribution in [-0.4, -0.2) is 14.3 Å². The molecule has 0 unspecified atom stereocenters. The molecule has 0 saturated carbocycles. The Morgan fingerprint density at radius 3 is 2.32 bits per heavy atom. The number of sulfonamides is 1. The van der Waals surface area contributed by atoms with E-state index >= 15 is 0 Å². The highest BCUT2D eigenvalue weighted by atomic mass is 32.2. The van der Waals surface area contributed by atoms with Crippen molar-refractivity contribution in [3.05, 3.63) is 54.1 Å². The Hall–Kier alpha value is -2.85. The molecule has 112 valence electrons. The molecule has 7 heteroatoms. The van der Waals surface area contributed by atoms with Crippen molar-refractivity contribution >= 4 is 27.3 Å². The van der Waals surface area contributed by atoms with E-state index in [0.717, 1.165) is 0 Å². The van der Waals surface area contributed by atoms with Crippen molar-refractivity contribution in [1.82, 2.24) is 0 Å². The van der Waals surface area contributed by atoms with Gasteiger partial charge in [-0.25, -0.2) is 8.42 Å². The van der Waals surface area contributed by atoms with E-state index in [0.29, 0.717) is 16.9 Å². The normalized spacial score (nSPS) is 10.5. The van der Waals surface area contributed by atoms with Crippen LogP contribution in [0.4, 0.5) is 11.4 Å². The fourth-order valence-corrected chi connectivity index (χ4v) is 2.84. The minimum atomic E-state index is -3.76. The van der Waals surface area contributed by atoms with Crippen molar-refractivity contribution in [2.24, 2.45) is 0 Å². The third-order valence-corrected chi connectivity index (χ3v) is 4.13. The first kappa shape index (κ1) is 15.5. The van der Waals surface area contributed by atoms with E-state index < -0.39 is 10.0 Å². The number of anilines is 2. The maximum Gasteiger partial charge on any atom is 0.261 e. The topological polar surface area (TPSA) is 99.1 Å². The number of nitriles is 1. The van der Waals surface area contributed by atoms with Gasteiger partial charge in [0.15, 0.2) is 0 Å². The molecule has 0 fully saturated rings. The Morgan fingerprint density at radius 2 is 1.73 bits per heavy atom. The van der Waals surface area contributed by atoms with Gasteiger partial charge in [-0.1, -0.05) is 6.07 Å². The lowest BCUT2D eigenvalue weighted by Crippen LogP contribution is -2.13. The Morgan fingerprint density at radius 1 is 1.09 bits per heavy atom. The third-order valence-electron chi connectivity index (χ3n) is 2.73. The molecule has 0 aromatic heterocycles. The molecule has 1 amide bonds. The number of benzene rings is 2. The molecule has 2 N–H and O–H groups in total. The van der Waals surface area contributed by atoms with Crippen molar-refractivity contribution in [2.75, 3.05) is 10.0 Å². The minimum Gasteiger partial charge on any atom is -0.326 e. The molecule has 0 aliphatic heterocycles. The molecular weight excluding hydrogens is 302 g/mol. The maximum absolute atomic E-state index is 12.3. The number of hydrogen-bond donors (Lipinski definition) is 2. The van der Waals surface area contributed by atoms with Crippen LogP contribution in [0, 0.1) is 11.3 Å². The molecule has 0 radical (unpaired) electrons. The second kappa shape index (κ2) is 6.28. The van der Waals surface area contributed by atoms with Gasteiger partial charge < -0.3 is 5.32 Å². The van der Waals surface area contributed by atoms with Crippen molar-refractivity contribution in [2.45, 2.75) is 11.8 Å². The predicted octanol–water partition coefficient (Wildman–Crippen LogP) is 2.32. The number of rotatable bonds is 4. The van der Waals surface area contributed by atoms with Crippen molar-refractivity contribution in [1.29, 1.82) is 5.26 Å². The van der Waals surface area contributed by atoms with Crippen molar-refractivity contribution in [3.8, 4) is 6.07 Å². The number of nitrogens with zero attached hydrogens (tertiary/aromatic N) is 1. The highest BCUT2D eigenvalue weighted by Crippen LogP contribution is 2.19. The van der Waals surface area contributed by atoms with Crippen molar-refractivity contribution < 1.29 is 13.2 Å². The summed E-state index contributed by atoms with van der Waals surface area (Å²) in [6.07, 6.45) is 0. The molecule has 0 aliphatic carbocycles. The SMILES string of the molecule is CC(=O)Nc1cccc(NS(=O)(=O)c2ccc(C#N)cc2)c1. The molecule has 6 nitrogen and oxygen atoms in total. The van der Waals surface area contributed by atoms with Crippen LogP contribution in [0.15, 0.2) is 53.4 Å². The molecule has 0 heterocycles. The van der Waals surface area contributed by atoms with E-state index in [9.17, 15) is 13.2 Å². The summed E-state index contributed by atoms with van der Waals surface area (Å²) in [5.41, 5.74) is 1.20. The van der Waals surface area contributed by atoms with Crippen molar-refractivity contribution in [3.63, 3.8) is 0 Å². The highest BCUT2D eigenvalue weighted by Gasteiger charge is 2.14. The van der Waals surface area contributed by atoms with E-state index in [1.807, 2.05) is 6.07 Å². The predicted molar refractivity (Wildman–Crippen MR) is 82.7 cm³/mol. The molecule has 0 spiro atoms. The molecule has 0 aliphatic rings. The quantitative estimate of drug-likeness (QED) is 0.904. The number of carbonyl (C=O) groups excluding carboxylic acids is 1. The molecule has 22 heavy (non-hydrogen) atoms. The van der Waals surface area contributed by atoms with E-state index in [2.05, 4.69) is 10.0 Å². The van der Waals surface area contributed by atoms with Gasteiger partial charge >= 0.3 is 0 Å². The maximum atomic E-state index is 12.3. The van der Waals surface area contributed by atoms with Gasteiger partial charge in [0.25, 0.3) is 10.0 Å². The molecule has 2 aromatic rings. The van der Waals surface area contributed by atoms with Gasteiger partial charge in [-0.2, -0.15) is 5.26 Å². The number of hydrogen-bond acceptors (Lipinski definition) is 4. The van der Waals surface area contributed by atoms with Crippen LogP contribution in [-0.2, 0) is 14.8 Å². The van der Waals surface area contributed by atoms with Crippen LogP contribution >= 0.6 is 0 Å². The summed E-state index contributed by atoms with van der Waals surface area (Å²) < 4.78 is 26.9. The zero-order chi connectivity index (χ0) is 16.2. The monoisotopic (exact) mass is 315 g/mol. The fourth-order valence-electron chi connectivity index (χ4n) is 1.79. The lowest BCUT2D eigenvalue weighted by atomic mass is 10.2. The largest absolute Gasteiger partial charge is 0.326 e. The third kappa shape index (κ3) is 3.84. The minimum absolute atomic E-state index is 0.0523. The number of amides is 1. The molecular formula is C15H13N3O3S. The summed E-state index contributed by atoms with van der Waals surface area (Å²) in [5, 5.41) is 11.3. The standard InChI is InChI=1S/C15H13N3O3S/c1-11(19)17-13-3-2-4-14(9-13)18-22(20,21)15-7-5-12(10-16)6-8-15/h2-9,18H,1H3,(H,17,19). The summed E-state index contributed by atoms with van der Waals surface area (Å²) >= 11 is 0. The Balaban J connectivity index is 2.24. The van der Waals surface area contributed by atoms with Crippen LogP contribution in [0.5, 0.6) is 0 Å². The Kier molecular flexibility index (Phi) is 4.44. The van der Waals surface area contributed by atoms with Crippen LogP contribution in [0.25, 0.3) is 0 Å². The lowest BCUT2D eigenvalue weighted by molar-refractivity contribution is -0.114. The number of carbonyl (C=O) groups is 1. The van der Waals surface area contributed by atoms with Gasteiger partial charge in [0.1, 0.15) is 0 Å². The molecule has 0 atom stereocenters. The number of nitrogens with one attached hydrogen (secondary N) is 2. The van der Waals surface area contributed by atoms with Crippen LogP contribution in [0.2, 0.25) is 0 Å². The van der Waals surface area contributed by atoms with Gasteiger partial charge in [-0.15, -0.1) is 0 Å². The van der Waals surface area contributed by atoms with Gasteiger partial charge in [-0.05, 0) is 42.5 Å². The average molecular weight is 315 g/mol. The van der Waals surface area contributed by atoms with Gasteiger partial charge in [0, 0.05) is 12.6 Å². The van der Waals surface area contributed by atoms with E-state index in [1.165, 1.54) is 37.3 Å². The summed E-state index contributed by atoms with van der Waals surface area (Å²) in [4.78, 5) is 11.1. The second-order valence-corrected chi connectivity index (χ2v) is 6.19. The zero-order valence-electron chi connectivity index (χ0n) is 11.7. The molecule has 0 saturated heterocycles. The smallest absolute Gasteiger partial charge is 0.261 e. The summed E-state index contributed by atoms with van der Waals surface area (Å²) in [5.74, 6) is -0.243. The zero-order valence-corrected chi connectivity index (χ0v) is 12.5. The fraction of sp³-hybridized carbons (Fsp3) is 0.0667. The lowest BCUT2D eigenvalue weighted by Gasteiger charge is -2.10. The first-order valence-corrected chi connectivity index (χ1v) is 7.80. The Bertz CT molecular complexity index is 837. The van der Waals surface area contributed by atoms with E-state index in [-0.39, 0.29) is 10.8 Å². The van der Waals surface area contributed by atoms with Crippen LogP contribution in [0.3, 0.4) is 0 Å². The first-order valence-electron chi connectivity index (χ1n) is 6.31. The van der Waals surface area contributed by atoms with E-state index in [1.54, 1.807) is 18.2 Å². The molecule has 2 aromatic carbocycles. The van der Waals surface area contributed by atoms with Crippen LogP contribution < -0.4 is 10.0 Å². The highest BCUT2D eigenvalue weighted by molar-refractivity contribution is 7.92. The average Bonchev–Trinajstić information content (AvgIpc) is 2.46. The summed E-state index contributed by atoms with van der Waals surface area (Å²) in [6.45, 7) is 1.37. The molecule has 0 bridgehead atoms. The van der Waals surface area contributed by atoms with Gasteiger partial charge in [-0.3, -0.25) is 9.52 Å². The first-order chi connectivity index (χ1) is 10.4. The van der Waals surface area contributed by atoms with Gasteiger partial charge in [0.05, 0.1) is 22.2 Å². The van der Waals surface area contributed by atoms with Crippen LogP contribution in [0.1, 0.15) is 12.5 Å². The van der Waals surface area contributed by atoms with E-state index in [4.69, 9.17) is 5.26 Å². The summed E-state index contributed by atoms with van der Waals surface area (Å²) in [6, 6.07) is 13.9.